The molecule has 0 heterocycles. The number of unbranched alkanes of at least 4 members (excludes halogenated alkanes) is 3. The quantitative estimate of drug-likeness (QED) is 0.260. The minimum atomic E-state index is -5.36. The molecule has 9 nitrogen and oxygen atoms in total. The van der Waals surface area contributed by atoms with Crippen molar-refractivity contribution >= 4 is 15.2 Å². The highest BCUT2D eigenvalue weighted by Gasteiger charge is 2.62. The van der Waals surface area contributed by atoms with Gasteiger partial charge in [-0.25, -0.2) is 0 Å². The normalized spacial score (nSPS) is 13.0. The van der Waals surface area contributed by atoms with Crippen LogP contribution in [0, 0.1) is 0 Å². The van der Waals surface area contributed by atoms with Crippen molar-refractivity contribution in [1.29, 1.82) is 0 Å². The van der Waals surface area contributed by atoms with Gasteiger partial charge in [0.1, 0.15) is 11.5 Å². The van der Waals surface area contributed by atoms with Crippen LogP contribution in [-0.4, -0.2) is 41.5 Å². The minimum absolute atomic E-state index is 0.0356. The van der Waals surface area contributed by atoms with Crippen molar-refractivity contribution in [2.75, 3.05) is 6.61 Å². The van der Waals surface area contributed by atoms with Crippen LogP contribution in [0.2, 0.25) is 0 Å². The van der Waals surface area contributed by atoms with Crippen molar-refractivity contribution < 1.29 is 43.7 Å². The SMILES string of the molecule is O=P(O)(O)C(CCCCCCO)(Oc1ccc(O)cc1)P(=O)(O)O. The molecule has 1 aromatic rings. The molecule has 0 saturated heterocycles. The summed E-state index contributed by atoms with van der Waals surface area (Å²) in [4.78, 5) is 38.3. The van der Waals surface area contributed by atoms with E-state index in [4.69, 9.17) is 9.84 Å². The highest BCUT2D eigenvalue weighted by molar-refractivity contribution is 7.72. The minimum Gasteiger partial charge on any atom is -0.508 e. The second-order valence-corrected chi connectivity index (χ2v) is 9.29. The highest BCUT2D eigenvalue weighted by Crippen LogP contribution is 2.71. The molecular weight excluding hydrogens is 362 g/mol. The summed E-state index contributed by atoms with van der Waals surface area (Å²) in [6.45, 7) is -0.0356. The number of aromatic hydroxyl groups is 1. The Bertz CT molecular complexity index is 582. The van der Waals surface area contributed by atoms with Gasteiger partial charge in [0.25, 0.3) is 0 Å². The smallest absolute Gasteiger partial charge is 0.381 e. The summed E-state index contributed by atoms with van der Waals surface area (Å²) in [7, 11) is -10.7. The lowest BCUT2D eigenvalue weighted by molar-refractivity contribution is 0.141. The number of aliphatic hydroxyl groups excluding tert-OH is 1. The van der Waals surface area contributed by atoms with Crippen LogP contribution in [0.3, 0.4) is 0 Å². The molecule has 0 bridgehead atoms. The Morgan fingerprint density at radius 1 is 0.875 bits per heavy atom. The fourth-order valence-corrected chi connectivity index (χ4v) is 4.86. The molecule has 0 radical (unpaired) electrons. The van der Waals surface area contributed by atoms with E-state index in [1.807, 2.05) is 0 Å². The first-order valence-electron chi connectivity index (χ1n) is 7.24. The van der Waals surface area contributed by atoms with E-state index in [1.165, 1.54) is 12.1 Å². The van der Waals surface area contributed by atoms with Gasteiger partial charge in [0.05, 0.1) is 0 Å². The van der Waals surface area contributed by atoms with Crippen LogP contribution >= 0.6 is 15.2 Å². The predicted octanol–water partition coefficient (Wildman–Crippen LogP) is 1.72. The third-order valence-corrected chi connectivity index (χ3v) is 7.45. The number of hydrogen-bond acceptors (Lipinski definition) is 5. The lowest BCUT2D eigenvalue weighted by Crippen LogP contribution is -2.36. The van der Waals surface area contributed by atoms with Gasteiger partial charge in [-0.2, -0.15) is 0 Å². The zero-order valence-electron chi connectivity index (χ0n) is 12.9. The molecule has 0 atom stereocenters. The van der Waals surface area contributed by atoms with Gasteiger partial charge in [0.15, 0.2) is 0 Å². The maximum Gasteiger partial charge on any atom is 0.381 e. The van der Waals surface area contributed by atoms with Gasteiger partial charge in [-0.3, -0.25) is 9.13 Å². The maximum atomic E-state index is 11.9. The van der Waals surface area contributed by atoms with Crippen molar-refractivity contribution in [3.63, 3.8) is 0 Å². The van der Waals surface area contributed by atoms with Crippen molar-refractivity contribution in [2.45, 2.75) is 37.2 Å². The number of phenols is 1. The molecule has 138 valence electrons. The van der Waals surface area contributed by atoms with Gasteiger partial charge in [0, 0.05) is 13.0 Å². The van der Waals surface area contributed by atoms with E-state index in [2.05, 4.69) is 0 Å². The van der Waals surface area contributed by atoms with E-state index in [1.54, 1.807) is 0 Å². The molecule has 1 rings (SSSR count). The van der Waals surface area contributed by atoms with Crippen molar-refractivity contribution in [2.24, 2.45) is 0 Å². The number of benzene rings is 1. The zero-order valence-corrected chi connectivity index (χ0v) is 14.6. The van der Waals surface area contributed by atoms with Crippen molar-refractivity contribution in [3.8, 4) is 11.5 Å². The summed E-state index contributed by atoms with van der Waals surface area (Å²) in [6.07, 6.45) is 0.981. The number of rotatable bonds is 10. The summed E-state index contributed by atoms with van der Waals surface area (Å²) in [5.41, 5.74) is 0. The Kier molecular flexibility index (Phi) is 7.44. The van der Waals surface area contributed by atoms with E-state index in [0.717, 1.165) is 12.1 Å². The molecule has 6 N–H and O–H groups in total. The van der Waals surface area contributed by atoms with Crippen LogP contribution in [0.25, 0.3) is 0 Å². The zero-order chi connectivity index (χ0) is 18.4. The topological polar surface area (TPSA) is 165 Å². The van der Waals surface area contributed by atoms with Crippen LogP contribution in [0.4, 0.5) is 0 Å². The van der Waals surface area contributed by atoms with Gasteiger partial charge in [0.2, 0.25) is 0 Å². The molecule has 0 amide bonds. The van der Waals surface area contributed by atoms with Crippen LogP contribution in [0.1, 0.15) is 32.1 Å². The Morgan fingerprint density at radius 2 is 1.38 bits per heavy atom. The third-order valence-electron chi connectivity index (χ3n) is 3.44. The average Bonchev–Trinajstić information content (AvgIpc) is 2.45. The van der Waals surface area contributed by atoms with Gasteiger partial charge in [-0.1, -0.05) is 12.8 Å². The second-order valence-electron chi connectivity index (χ2n) is 5.31. The summed E-state index contributed by atoms with van der Waals surface area (Å²) in [5.74, 6) is -0.320. The maximum absolute atomic E-state index is 11.9. The molecule has 0 saturated carbocycles. The molecule has 0 unspecified atom stereocenters. The molecule has 11 heteroatoms. The van der Waals surface area contributed by atoms with E-state index in [-0.39, 0.29) is 24.5 Å². The van der Waals surface area contributed by atoms with E-state index >= 15 is 0 Å². The van der Waals surface area contributed by atoms with Crippen LogP contribution in [0.5, 0.6) is 11.5 Å². The third kappa shape index (κ3) is 5.29. The molecule has 0 aliphatic rings. The Labute approximate surface area is 139 Å². The Balaban J connectivity index is 3.10. The standard InChI is InChI=1S/C13H22O9P2/c14-10-4-2-1-3-9-13(23(16,17)18,24(19,20)21)22-12-7-5-11(15)6-8-12/h5-8,14-15H,1-4,9-10H2,(H2,16,17,18)(H2,19,20,21). The molecule has 0 fully saturated rings. The second kappa shape index (κ2) is 8.45. The molecule has 0 spiro atoms. The lowest BCUT2D eigenvalue weighted by Gasteiger charge is -2.34. The van der Waals surface area contributed by atoms with Gasteiger partial charge in [-0.05, 0) is 37.1 Å². The molecule has 0 aliphatic heterocycles. The van der Waals surface area contributed by atoms with E-state index in [0.29, 0.717) is 19.3 Å². The largest absolute Gasteiger partial charge is 0.508 e. The molecule has 24 heavy (non-hydrogen) atoms. The van der Waals surface area contributed by atoms with E-state index < -0.39 is 26.7 Å². The number of ether oxygens (including phenoxy) is 1. The summed E-state index contributed by atoms with van der Waals surface area (Å²) in [5, 5.41) is 14.9. The lowest BCUT2D eigenvalue weighted by atomic mass is 10.1. The average molecular weight is 384 g/mol. The van der Waals surface area contributed by atoms with Crippen molar-refractivity contribution in [1.82, 2.24) is 0 Å². The van der Waals surface area contributed by atoms with Crippen molar-refractivity contribution in [3.05, 3.63) is 24.3 Å². The fraction of sp³-hybridized carbons (Fsp3) is 0.538. The summed E-state index contributed by atoms with van der Waals surface area (Å²) in [6, 6.07) is 4.64. The number of hydrogen-bond donors (Lipinski definition) is 6. The molecule has 0 aliphatic carbocycles. The summed E-state index contributed by atoms with van der Waals surface area (Å²) >= 11 is 0. The van der Waals surface area contributed by atoms with Crippen LogP contribution in [-0.2, 0) is 9.13 Å². The first-order chi connectivity index (χ1) is 11.0. The summed E-state index contributed by atoms with van der Waals surface area (Å²) < 4.78 is 28.9. The molecule has 1 aromatic carbocycles. The number of aliphatic hydroxyl groups is 1. The highest BCUT2D eigenvalue weighted by atomic mass is 31.2. The van der Waals surface area contributed by atoms with Gasteiger partial charge < -0.3 is 34.5 Å². The first-order valence-corrected chi connectivity index (χ1v) is 10.5. The Hall–Kier alpha value is -0.920. The predicted molar refractivity (Wildman–Crippen MR) is 85.7 cm³/mol. The van der Waals surface area contributed by atoms with E-state index in [9.17, 15) is 33.8 Å². The van der Waals surface area contributed by atoms with Crippen LogP contribution in [0.15, 0.2) is 24.3 Å². The number of phenolic OH excluding ortho intramolecular Hbond substituents is 1. The molecule has 0 aromatic heterocycles. The first kappa shape index (κ1) is 21.1. The fourth-order valence-electron chi connectivity index (χ4n) is 2.15. The molecular formula is C13H22O9P2. The Morgan fingerprint density at radius 3 is 1.83 bits per heavy atom. The monoisotopic (exact) mass is 384 g/mol. The van der Waals surface area contributed by atoms with Gasteiger partial charge in [-0.15, -0.1) is 0 Å². The van der Waals surface area contributed by atoms with Crippen LogP contribution < -0.4 is 4.74 Å². The van der Waals surface area contributed by atoms with Gasteiger partial charge >= 0.3 is 20.3 Å².